The van der Waals surface area contributed by atoms with Gasteiger partial charge in [0.15, 0.2) is 11.6 Å². The molecule has 2 fully saturated rings. The zero-order chi connectivity index (χ0) is 18.4. The summed E-state index contributed by atoms with van der Waals surface area (Å²) in [6.07, 6.45) is 3.23. The number of amides is 1. The van der Waals surface area contributed by atoms with Crippen LogP contribution >= 0.6 is 0 Å². The minimum Gasteiger partial charge on any atom is -0.410 e. The Kier molecular flexibility index (Phi) is 3.85. The van der Waals surface area contributed by atoms with Gasteiger partial charge in [0.05, 0.1) is 11.7 Å². The normalized spacial score (nSPS) is 20.4. The molecular formula is C21H21N3O3. The van der Waals surface area contributed by atoms with Gasteiger partial charge in [-0.05, 0) is 49.4 Å². The van der Waals surface area contributed by atoms with Gasteiger partial charge in [0.2, 0.25) is 0 Å². The van der Waals surface area contributed by atoms with E-state index in [1.54, 1.807) is 23.1 Å². The molecule has 1 aliphatic carbocycles. The van der Waals surface area contributed by atoms with E-state index in [9.17, 15) is 9.59 Å². The summed E-state index contributed by atoms with van der Waals surface area (Å²) in [7, 11) is 0. The van der Waals surface area contributed by atoms with Gasteiger partial charge in [0.1, 0.15) is 11.4 Å². The molecule has 3 aliphatic rings. The number of ether oxygens (including phenoxy) is 1. The van der Waals surface area contributed by atoms with Crippen molar-refractivity contribution in [2.45, 2.75) is 31.7 Å². The van der Waals surface area contributed by atoms with Crippen molar-refractivity contribution in [2.24, 2.45) is 5.92 Å². The number of rotatable bonds is 4. The fourth-order valence-corrected chi connectivity index (χ4v) is 3.93. The summed E-state index contributed by atoms with van der Waals surface area (Å²) in [6, 6.07) is 12.8. The summed E-state index contributed by atoms with van der Waals surface area (Å²) < 4.78 is 5.58. The molecule has 0 spiro atoms. The van der Waals surface area contributed by atoms with Crippen molar-refractivity contribution in [1.29, 1.82) is 0 Å². The molecule has 2 aromatic rings. The summed E-state index contributed by atoms with van der Waals surface area (Å²) >= 11 is 0. The van der Waals surface area contributed by atoms with Crippen molar-refractivity contribution in [2.75, 3.05) is 22.9 Å². The SMILES string of the molecule is O=C(CC1CC1)c1ccc2c(n1)N(C(=O)Oc1ccccc1)[C@H]1CCN2C1. The molecular weight excluding hydrogens is 342 g/mol. The molecule has 6 nitrogen and oxygen atoms in total. The number of ketones is 1. The zero-order valence-electron chi connectivity index (χ0n) is 15.0. The van der Waals surface area contributed by atoms with Crippen LogP contribution in [0.15, 0.2) is 42.5 Å². The lowest BCUT2D eigenvalue weighted by atomic mass is 10.1. The van der Waals surface area contributed by atoms with E-state index in [1.807, 2.05) is 24.3 Å². The molecule has 6 heteroatoms. The Morgan fingerprint density at radius 2 is 1.89 bits per heavy atom. The van der Waals surface area contributed by atoms with Crippen LogP contribution < -0.4 is 14.5 Å². The van der Waals surface area contributed by atoms with E-state index in [-0.39, 0.29) is 11.8 Å². The Labute approximate surface area is 157 Å². The van der Waals surface area contributed by atoms with Crippen LogP contribution in [0, 0.1) is 5.92 Å². The van der Waals surface area contributed by atoms with Gasteiger partial charge in [-0.2, -0.15) is 0 Å². The molecule has 0 N–H and O–H groups in total. The first-order valence-corrected chi connectivity index (χ1v) is 9.54. The van der Waals surface area contributed by atoms with Crippen LogP contribution in [0.3, 0.4) is 0 Å². The van der Waals surface area contributed by atoms with Gasteiger partial charge >= 0.3 is 6.09 Å². The van der Waals surface area contributed by atoms with E-state index in [2.05, 4.69) is 9.88 Å². The number of nitrogens with zero attached hydrogens (tertiary/aromatic N) is 3. The number of carbonyl (C=O) groups excluding carboxylic acids is 2. The molecule has 0 radical (unpaired) electrons. The van der Waals surface area contributed by atoms with Crippen LogP contribution in [0.25, 0.3) is 0 Å². The van der Waals surface area contributed by atoms with Crippen molar-refractivity contribution in [1.82, 2.24) is 4.98 Å². The number of pyridine rings is 1. The van der Waals surface area contributed by atoms with Gasteiger partial charge in [-0.1, -0.05) is 18.2 Å². The van der Waals surface area contributed by atoms with Crippen molar-refractivity contribution in [3.05, 3.63) is 48.2 Å². The van der Waals surface area contributed by atoms with Crippen LogP contribution in [-0.4, -0.2) is 36.0 Å². The highest BCUT2D eigenvalue weighted by molar-refractivity contribution is 5.99. The maximum Gasteiger partial charge on any atom is 0.421 e. The largest absolute Gasteiger partial charge is 0.421 e. The first kappa shape index (κ1) is 16.3. The smallest absolute Gasteiger partial charge is 0.410 e. The second-order valence-electron chi connectivity index (χ2n) is 7.55. The highest BCUT2D eigenvalue weighted by Gasteiger charge is 2.41. The molecule has 1 aromatic heterocycles. The summed E-state index contributed by atoms with van der Waals surface area (Å²) in [6.45, 7) is 1.65. The fourth-order valence-electron chi connectivity index (χ4n) is 3.93. The van der Waals surface area contributed by atoms with E-state index in [1.165, 1.54) is 0 Å². The number of aromatic nitrogens is 1. The lowest BCUT2D eigenvalue weighted by Gasteiger charge is -2.35. The van der Waals surface area contributed by atoms with E-state index in [0.29, 0.717) is 29.6 Å². The van der Waals surface area contributed by atoms with Crippen LogP contribution in [0.5, 0.6) is 5.75 Å². The lowest BCUT2D eigenvalue weighted by Crippen LogP contribution is -2.47. The zero-order valence-corrected chi connectivity index (χ0v) is 15.0. The third kappa shape index (κ3) is 3.05. The third-order valence-corrected chi connectivity index (χ3v) is 5.55. The molecule has 1 saturated heterocycles. The molecule has 2 bridgehead atoms. The Bertz CT molecular complexity index is 895. The summed E-state index contributed by atoms with van der Waals surface area (Å²) in [5.74, 6) is 1.62. The lowest BCUT2D eigenvalue weighted by molar-refractivity contribution is 0.0971. The molecule has 2 aliphatic heterocycles. The summed E-state index contributed by atoms with van der Waals surface area (Å²) in [5.41, 5.74) is 1.34. The molecule has 3 heterocycles. The predicted molar refractivity (Wildman–Crippen MR) is 101 cm³/mol. The number of para-hydroxylation sites is 1. The molecule has 1 saturated carbocycles. The molecule has 0 unspecified atom stereocenters. The van der Waals surface area contributed by atoms with Gasteiger partial charge in [-0.3, -0.25) is 9.69 Å². The first-order chi connectivity index (χ1) is 13.2. The molecule has 1 amide bonds. The average molecular weight is 363 g/mol. The molecule has 1 atom stereocenters. The van der Waals surface area contributed by atoms with Crippen molar-refractivity contribution < 1.29 is 14.3 Å². The minimum absolute atomic E-state index is 0.0231. The van der Waals surface area contributed by atoms with E-state index in [0.717, 1.165) is 38.0 Å². The Morgan fingerprint density at radius 1 is 1.07 bits per heavy atom. The Morgan fingerprint density at radius 3 is 2.67 bits per heavy atom. The van der Waals surface area contributed by atoms with Crippen LogP contribution in [0.1, 0.15) is 36.2 Å². The monoisotopic (exact) mass is 363 g/mol. The number of anilines is 2. The van der Waals surface area contributed by atoms with Crippen LogP contribution in [0.4, 0.5) is 16.3 Å². The highest BCUT2D eigenvalue weighted by atomic mass is 16.6. The number of fused-ring (bicyclic) bond motifs is 4. The summed E-state index contributed by atoms with van der Waals surface area (Å²) in [5, 5.41) is 0. The Balaban J connectivity index is 1.47. The number of benzene rings is 1. The number of carbonyl (C=O) groups is 2. The predicted octanol–water partition coefficient (Wildman–Crippen LogP) is 3.66. The topological polar surface area (TPSA) is 62.7 Å². The van der Waals surface area contributed by atoms with Crippen molar-refractivity contribution >= 4 is 23.4 Å². The fraction of sp³-hybridized carbons (Fsp3) is 0.381. The van der Waals surface area contributed by atoms with E-state index >= 15 is 0 Å². The second-order valence-corrected chi connectivity index (χ2v) is 7.55. The van der Waals surface area contributed by atoms with Gasteiger partial charge in [-0.15, -0.1) is 0 Å². The standard InChI is InChI=1S/C21H21N3O3/c25-19(12-14-6-7-14)17-8-9-18-20(22-17)24(15-10-11-23(18)13-15)21(26)27-16-4-2-1-3-5-16/h1-5,8-9,14-15H,6-7,10-13H2/t15-/m0/s1. The third-order valence-electron chi connectivity index (χ3n) is 5.55. The number of Topliss-reactive ketones (excluding diaryl/α,β-unsaturated/α-hetero) is 1. The van der Waals surface area contributed by atoms with Crippen molar-refractivity contribution in [3.8, 4) is 5.75 Å². The maximum absolute atomic E-state index is 12.9. The number of hydrogen-bond donors (Lipinski definition) is 0. The first-order valence-electron chi connectivity index (χ1n) is 9.54. The average Bonchev–Trinajstić information content (AvgIpc) is 3.40. The van der Waals surface area contributed by atoms with Crippen LogP contribution in [0.2, 0.25) is 0 Å². The summed E-state index contributed by atoms with van der Waals surface area (Å²) in [4.78, 5) is 33.9. The number of hydrogen-bond acceptors (Lipinski definition) is 5. The van der Waals surface area contributed by atoms with Gasteiger partial charge in [0.25, 0.3) is 0 Å². The maximum atomic E-state index is 12.9. The Hall–Kier alpha value is -2.89. The quantitative estimate of drug-likeness (QED) is 0.776. The molecule has 27 heavy (non-hydrogen) atoms. The van der Waals surface area contributed by atoms with Crippen LogP contribution in [-0.2, 0) is 0 Å². The van der Waals surface area contributed by atoms with Crippen molar-refractivity contribution in [3.63, 3.8) is 0 Å². The highest BCUT2D eigenvalue weighted by Crippen LogP contribution is 2.40. The van der Waals surface area contributed by atoms with Gasteiger partial charge in [0, 0.05) is 19.5 Å². The van der Waals surface area contributed by atoms with Gasteiger partial charge in [-0.25, -0.2) is 9.78 Å². The minimum atomic E-state index is -0.437. The van der Waals surface area contributed by atoms with Gasteiger partial charge < -0.3 is 9.64 Å². The molecule has 5 rings (SSSR count). The van der Waals surface area contributed by atoms with E-state index < -0.39 is 6.09 Å². The second kappa shape index (κ2) is 6.37. The molecule has 138 valence electrons. The molecule has 1 aromatic carbocycles. The van der Waals surface area contributed by atoms with E-state index in [4.69, 9.17) is 4.74 Å².